The molecule has 0 radical (unpaired) electrons. The van der Waals surface area contributed by atoms with Crippen molar-refractivity contribution in [1.82, 2.24) is 15.1 Å². The van der Waals surface area contributed by atoms with E-state index in [0.29, 0.717) is 19.2 Å². The molecule has 2 rings (SSSR count). The highest BCUT2D eigenvalue weighted by Gasteiger charge is 2.32. The van der Waals surface area contributed by atoms with Gasteiger partial charge in [-0.2, -0.15) is 0 Å². The van der Waals surface area contributed by atoms with E-state index in [9.17, 15) is 4.79 Å². The minimum Gasteiger partial charge on any atom is -0.383 e. The van der Waals surface area contributed by atoms with Crippen molar-refractivity contribution in [1.29, 1.82) is 0 Å². The smallest absolute Gasteiger partial charge is 0.253 e. The predicted molar refractivity (Wildman–Crippen MR) is 76.7 cm³/mol. The Morgan fingerprint density at radius 1 is 1.45 bits per heavy atom. The number of amides is 1. The van der Waals surface area contributed by atoms with Gasteiger partial charge in [0.05, 0.1) is 13.2 Å². The second kappa shape index (κ2) is 7.93. The zero-order valence-corrected chi connectivity index (χ0v) is 12.6. The van der Waals surface area contributed by atoms with E-state index in [1.165, 1.54) is 0 Å². The predicted octanol–water partition coefficient (Wildman–Crippen LogP) is -0.456. The van der Waals surface area contributed by atoms with Crippen LogP contribution in [-0.4, -0.2) is 87.4 Å². The van der Waals surface area contributed by atoms with E-state index in [1.54, 1.807) is 7.11 Å². The first-order valence-electron chi connectivity index (χ1n) is 7.60. The van der Waals surface area contributed by atoms with Crippen LogP contribution in [0.1, 0.15) is 13.3 Å². The molecular weight excluding hydrogens is 258 g/mol. The summed E-state index contributed by atoms with van der Waals surface area (Å²) in [6.07, 6.45) is 0.754. The highest BCUT2D eigenvalue weighted by molar-refractivity contribution is 5.81. The highest BCUT2D eigenvalue weighted by atomic mass is 16.5. The van der Waals surface area contributed by atoms with Gasteiger partial charge in [-0.25, -0.2) is 0 Å². The van der Waals surface area contributed by atoms with Crippen LogP contribution in [0.4, 0.5) is 0 Å². The van der Waals surface area contributed by atoms with Crippen molar-refractivity contribution >= 4 is 5.91 Å². The number of carbonyl (C=O) groups is 1. The number of nitrogens with one attached hydrogen (secondary N) is 1. The lowest BCUT2D eigenvalue weighted by Crippen LogP contribution is -2.58. The van der Waals surface area contributed by atoms with Gasteiger partial charge < -0.3 is 19.7 Å². The molecule has 1 amide bonds. The zero-order valence-electron chi connectivity index (χ0n) is 12.6. The summed E-state index contributed by atoms with van der Waals surface area (Å²) in [5.41, 5.74) is 0. The normalized spacial score (nSPS) is 28.6. The Labute approximate surface area is 121 Å². The van der Waals surface area contributed by atoms with E-state index in [0.717, 1.165) is 45.8 Å². The van der Waals surface area contributed by atoms with Crippen LogP contribution >= 0.6 is 0 Å². The maximum absolute atomic E-state index is 12.5. The van der Waals surface area contributed by atoms with Gasteiger partial charge in [0.25, 0.3) is 5.91 Å². The summed E-state index contributed by atoms with van der Waals surface area (Å²) < 4.78 is 10.7. The summed E-state index contributed by atoms with van der Waals surface area (Å²) in [5, 5.41) is 3.22. The maximum Gasteiger partial charge on any atom is 0.253 e. The van der Waals surface area contributed by atoms with Gasteiger partial charge in [0.15, 0.2) is 0 Å². The lowest BCUT2D eigenvalue weighted by Gasteiger charge is -2.42. The number of hydrogen-bond acceptors (Lipinski definition) is 5. The molecule has 0 spiro atoms. The van der Waals surface area contributed by atoms with E-state index < -0.39 is 0 Å². The van der Waals surface area contributed by atoms with Crippen LogP contribution in [0.25, 0.3) is 0 Å². The number of piperazine rings is 1. The number of ether oxygens (including phenoxy) is 2. The Bertz CT molecular complexity index is 308. The summed E-state index contributed by atoms with van der Waals surface area (Å²) in [6, 6.07) is 0.430. The number of methoxy groups -OCH3 is 1. The van der Waals surface area contributed by atoms with E-state index in [-0.39, 0.29) is 12.0 Å². The van der Waals surface area contributed by atoms with Crippen molar-refractivity contribution in [2.75, 3.05) is 59.6 Å². The quantitative estimate of drug-likeness (QED) is 0.741. The molecular formula is C14H27N3O3. The van der Waals surface area contributed by atoms with E-state index >= 15 is 0 Å². The molecule has 6 nitrogen and oxygen atoms in total. The molecule has 2 fully saturated rings. The zero-order chi connectivity index (χ0) is 14.4. The van der Waals surface area contributed by atoms with E-state index in [4.69, 9.17) is 9.47 Å². The Kier molecular flexibility index (Phi) is 6.22. The topological polar surface area (TPSA) is 54.0 Å². The SMILES string of the molecule is CCC1CN(C(=O)C2CNCCO2)CCN1CCOC. The second-order valence-electron chi connectivity index (χ2n) is 5.44. The fraction of sp³-hybridized carbons (Fsp3) is 0.929. The van der Waals surface area contributed by atoms with Crippen LogP contribution in [0.3, 0.4) is 0 Å². The first-order valence-corrected chi connectivity index (χ1v) is 7.60. The third-order valence-corrected chi connectivity index (χ3v) is 4.17. The number of hydrogen-bond donors (Lipinski definition) is 1. The van der Waals surface area contributed by atoms with Crippen LogP contribution in [0.5, 0.6) is 0 Å². The lowest BCUT2D eigenvalue weighted by atomic mass is 10.1. The van der Waals surface area contributed by atoms with Crippen molar-refractivity contribution in [2.24, 2.45) is 0 Å². The molecule has 1 N–H and O–H groups in total. The van der Waals surface area contributed by atoms with Crippen LogP contribution in [0, 0.1) is 0 Å². The van der Waals surface area contributed by atoms with Gasteiger partial charge in [-0.15, -0.1) is 0 Å². The van der Waals surface area contributed by atoms with Gasteiger partial charge in [0, 0.05) is 52.4 Å². The molecule has 0 aromatic carbocycles. The summed E-state index contributed by atoms with van der Waals surface area (Å²) in [6.45, 7) is 8.49. The first-order chi connectivity index (χ1) is 9.76. The Morgan fingerprint density at radius 3 is 2.95 bits per heavy atom. The van der Waals surface area contributed by atoms with Gasteiger partial charge in [-0.05, 0) is 6.42 Å². The molecule has 0 aliphatic carbocycles. The minimum atomic E-state index is -0.299. The average Bonchev–Trinajstić information content (AvgIpc) is 2.52. The van der Waals surface area contributed by atoms with Gasteiger partial charge in [-0.1, -0.05) is 6.92 Å². The molecule has 2 aliphatic rings. The number of morpholine rings is 1. The van der Waals surface area contributed by atoms with Gasteiger partial charge in [0.1, 0.15) is 6.10 Å². The van der Waals surface area contributed by atoms with Crippen molar-refractivity contribution in [3.8, 4) is 0 Å². The maximum atomic E-state index is 12.5. The summed E-state index contributed by atoms with van der Waals surface area (Å²) in [4.78, 5) is 16.8. The van der Waals surface area contributed by atoms with Crippen molar-refractivity contribution < 1.29 is 14.3 Å². The van der Waals surface area contributed by atoms with Gasteiger partial charge in [0.2, 0.25) is 0 Å². The molecule has 2 aliphatic heterocycles. The highest BCUT2D eigenvalue weighted by Crippen LogP contribution is 2.14. The minimum absolute atomic E-state index is 0.141. The second-order valence-corrected chi connectivity index (χ2v) is 5.44. The Balaban J connectivity index is 1.86. The Morgan fingerprint density at radius 2 is 2.30 bits per heavy atom. The molecule has 116 valence electrons. The summed E-state index contributed by atoms with van der Waals surface area (Å²) in [5.74, 6) is 0.141. The molecule has 20 heavy (non-hydrogen) atoms. The third kappa shape index (κ3) is 3.91. The Hall–Kier alpha value is -0.690. The monoisotopic (exact) mass is 285 g/mol. The molecule has 6 heteroatoms. The van der Waals surface area contributed by atoms with Gasteiger partial charge in [-0.3, -0.25) is 9.69 Å². The standard InChI is InChI=1S/C14H27N3O3/c1-3-12-11-17(6-5-16(12)7-9-19-2)14(18)13-10-15-4-8-20-13/h12-13,15H,3-11H2,1-2H3. The third-order valence-electron chi connectivity index (χ3n) is 4.17. The lowest BCUT2D eigenvalue weighted by molar-refractivity contribution is -0.148. The van der Waals surface area contributed by atoms with E-state index in [1.807, 2.05) is 4.90 Å². The fourth-order valence-corrected chi connectivity index (χ4v) is 2.91. The van der Waals surface area contributed by atoms with Gasteiger partial charge >= 0.3 is 0 Å². The van der Waals surface area contributed by atoms with Crippen LogP contribution in [-0.2, 0) is 14.3 Å². The van der Waals surface area contributed by atoms with Crippen LogP contribution < -0.4 is 5.32 Å². The molecule has 0 saturated carbocycles. The van der Waals surface area contributed by atoms with Crippen molar-refractivity contribution in [3.63, 3.8) is 0 Å². The van der Waals surface area contributed by atoms with Crippen molar-refractivity contribution in [3.05, 3.63) is 0 Å². The average molecular weight is 285 g/mol. The largest absolute Gasteiger partial charge is 0.383 e. The summed E-state index contributed by atoms with van der Waals surface area (Å²) >= 11 is 0. The molecule has 2 heterocycles. The summed E-state index contributed by atoms with van der Waals surface area (Å²) in [7, 11) is 1.73. The molecule has 0 aromatic heterocycles. The molecule has 2 atom stereocenters. The molecule has 0 bridgehead atoms. The first kappa shape index (κ1) is 15.7. The van der Waals surface area contributed by atoms with E-state index in [2.05, 4.69) is 17.1 Å². The number of nitrogens with zero attached hydrogens (tertiary/aromatic N) is 2. The molecule has 2 saturated heterocycles. The van der Waals surface area contributed by atoms with Crippen LogP contribution in [0.15, 0.2) is 0 Å². The fourth-order valence-electron chi connectivity index (χ4n) is 2.91. The van der Waals surface area contributed by atoms with Crippen molar-refractivity contribution in [2.45, 2.75) is 25.5 Å². The molecule has 2 unspecified atom stereocenters. The number of rotatable bonds is 5. The number of carbonyl (C=O) groups excluding carboxylic acids is 1. The molecule has 0 aromatic rings. The van der Waals surface area contributed by atoms with Crippen LogP contribution in [0.2, 0.25) is 0 Å².